The minimum Gasteiger partial charge on any atom is -0.467 e. The van der Waals surface area contributed by atoms with Gasteiger partial charge in [0.05, 0.1) is 6.26 Å². The number of aliphatic hydroxyl groups excluding tert-OH is 1. The van der Waals surface area contributed by atoms with Crippen molar-refractivity contribution in [2.75, 3.05) is 6.54 Å². The van der Waals surface area contributed by atoms with Gasteiger partial charge in [-0.15, -0.1) is 0 Å². The zero-order chi connectivity index (χ0) is 15.1. The molecule has 1 aromatic heterocycles. The second-order valence-corrected chi connectivity index (χ2v) is 4.56. The second kappa shape index (κ2) is 7.44. The minimum absolute atomic E-state index is 0.310. The fraction of sp³-hybridized carbons (Fsp3) is 0.267. The van der Waals surface area contributed by atoms with Crippen LogP contribution in [-0.2, 0) is 6.54 Å². The Morgan fingerprint density at radius 2 is 2.00 bits per heavy atom. The molecule has 2 aromatic rings. The Balaban J connectivity index is 1.64. The summed E-state index contributed by atoms with van der Waals surface area (Å²) in [6.07, 6.45) is 1.11. The minimum atomic E-state index is -0.739. The highest BCUT2D eigenvalue weighted by Crippen LogP contribution is 2.15. The lowest BCUT2D eigenvalue weighted by molar-refractivity contribution is 0.140. The fourth-order valence-corrected chi connectivity index (χ4v) is 1.79. The molecule has 1 heterocycles. The Hall–Kier alpha value is -2.34. The predicted molar refractivity (Wildman–Crippen MR) is 74.9 cm³/mol. The zero-order valence-corrected chi connectivity index (χ0v) is 11.4. The van der Waals surface area contributed by atoms with Crippen molar-refractivity contribution in [3.63, 3.8) is 0 Å². The summed E-state index contributed by atoms with van der Waals surface area (Å²) in [7, 11) is 0. The molecule has 0 unspecified atom stereocenters. The van der Waals surface area contributed by atoms with Crippen LogP contribution in [-0.4, -0.2) is 17.7 Å². The molecule has 21 heavy (non-hydrogen) atoms. The lowest BCUT2D eigenvalue weighted by atomic mass is 10.2. The molecule has 0 aliphatic carbocycles. The van der Waals surface area contributed by atoms with Gasteiger partial charge in [0.25, 0.3) is 0 Å². The Labute approximate surface area is 121 Å². The van der Waals surface area contributed by atoms with E-state index in [2.05, 4.69) is 10.6 Å². The van der Waals surface area contributed by atoms with Crippen LogP contribution >= 0.6 is 0 Å². The molecule has 112 valence electrons. The van der Waals surface area contributed by atoms with Crippen LogP contribution in [0.3, 0.4) is 0 Å². The van der Waals surface area contributed by atoms with E-state index in [1.54, 1.807) is 24.3 Å². The molecule has 2 amide bonds. The first-order valence-corrected chi connectivity index (χ1v) is 6.63. The van der Waals surface area contributed by atoms with E-state index in [0.29, 0.717) is 25.3 Å². The van der Waals surface area contributed by atoms with Crippen molar-refractivity contribution in [3.05, 3.63) is 59.8 Å². The second-order valence-electron chi connectivity index (χ2n) is 4.56. The van der Waals surface area contributed by atoms with E-state index in [9.17, 15) is 14.3 Å². The molecule has 1 atom stereocenters. The standard InChI is InChI=1S/C15H17FN2O3/c16-12-5-3-11(4-6-12)10-18-15(20)17-8-7-13(19)14-2-1-9-21-14/h1-6,9,13,19H,7-8,10H2,(H2,17,18,20)/t13-/m0/s1. The van der Waals surface area contributed by atoms with E-state index in [-0.39, 0.29) is 11.8 Å². The average molecular weight is 292 g/mol. The Kier molecular flexibility index (Phi) is 5.34. The van der Waals surface area contributed by atoms with Crippen LogP contribution in [0.15, 0.2) is 47.1 Å². The quantitative estimate of drug-likeness (QED) is 0.765. The number of carbonyl (C=O) groups excluding carboxylic acids is 1. The smallest absolute Gasteiger partial charge is 0.315 e. The summed E-state index contributed by atoms with van der Waals surface area (Å²) >= 11 is 0. The molecule has 0 spiro atoms. The topological polar surface area (TPSA) is 74.5 Å². The normalized spacial score (nSPS) is 11.9. The molecule has 6 heteroatoms. The highest BCUT2D eigenvalue weighted by molar-refractivity contribution is 5.73. The van der Waals surface area contributed by atoms with Gasteiger partial charge in [0, 0.05) is 13.1 Å². The Morgan fingerprint density at radius 3 is 2.67 bits per heavy atom. The average Bonchev–Trinajstić information content (AvgIpc) is 3.01. The molecule has 0 saturated heterocycles. The molecule has 1 aromatic carbocycles. The molecular weight excluding hydrogens is 275 g/mol. The maximum Gasteiger partial charge on any atom is 0.315 e. The molecule has 0 fully saturated rings. The highest BCUT2D eigenvalue weighted by atomic mass is 19.1. The third-order valence-corrected chi connectivity index (χ3v) is 2.94. The number of carbonyl (C=O) groups is 1. The summed E-state index contributed by atoms with van der Waals surface area (Å²) in [5.74, 6) is 0.165. The molecule has 3 N–H and O–H groups in total. The summed E-state index contributed by atoms with van der Waals surface area (Å²) < 4.78 is 17.8. The largest absolute Gasteiger partial charge is 0.467 e. The van der Waals surface area contributed by atoms with Crippen LogP contribution in [0.25, 0.3) is 0 Å². The van der Waals surface area contributed by atoms with Crippen LogP contribution in [0.2, 0.25) is 0 Å². The van der Waals surface area contributed by atoms with E-state index in [1.807, 2.05) is 0 Å². The lowest BCUT2D eigenvalue weighted by Crippen LogP contribution is -2.36. The van der Waals surface area contributed by atoms with Crippen molar-refractivity contribution in [2.45, 2.75) is 19.1 Å². The first kappa shape index (κ1) is 15.1. The van der Waals surface area contributed by atoms with E-state index >= 15 is 0 Å². The van der Waals surface area contributed by atoms with Gasteiger partial charge in [0.2, 0.25) is 0 Å². The highest BCUT2D eigenvalue weighted by Gasteiger charge is 2.10. The van der Waals surface area contributed by atoms with Gasteiger partial charge in [-0.1, -0.05) is 12.1 Å². The van der Waals surface area contributed by atoms with E-state index < -0.39 is 6.10 Å². The third-order valence-electron chi connectivity index (χ3n) is 2.94. The molecule has 0 aliphatic heterocycles. The van der Waals surface area contributed by atoms with Gasteiger partial charge in [0.15, 0.2) is 0 Å². The predicted octanol–water partition coefficient (Wildman–Crippen LogP) is 2.34. The molecule has 0 saturated carbocycles. The number of benzene rings is 1. The van der Waals surface area contributed by atoms with Gasteiger partial charge in [-0.3, -0.25) is 0 Å². The maximum absolute atomic E-state index is 12.7. The number of aliphatic hydroxyl groups is 1. The van der Waals surface area contributed by atoms with Gasteiger partial charge in [-0.25, -0.2) is 9.18 Å². The fourth-order valence-electron chi connectivity index (χ4n) is 1.79. The number of urea groups is 1. The zero-order valence-electron chi connectivity index (χ0n) is 11.4. The number of rotatable bonds is 6. The van der Waals surface area contributed by atoms with Gasteiger partial charge >= 0.3 is 6.03 Å². The summed E-state index contributed by atoms with van der Waals surface area (Å²) in [5, 5.41) is 15.0. The van der Waals surface area contributed by atoms with Crippen molar-refractivity contribution >= 4 is 6.03 Å². The van der Waals surface area contributed by atoms with Crippen molar-refractivity contribution < 1.29 is 18.7 Å². The summed E-state index contributed by atoms with van der Waals surface area (Å²) in [4.78, 5) is 11.5. The molecule has 0 bridgehead atoms. The van der Waals surface area contributed by atoms with Crippen molar-refractivity contribution in [3.8, 4) is 0 Å². The monoisotopic (exact) mass is 292 g/mol. The number of amides is 2. The summed E-state index contributed by atoms with van der Waals surface area (Å²) in [6, 6.07) is 8.93. The Morgan fingerprint density at radius 1 is 1.24 bits per heavy atom. The van der Waals surface area contributed by atoms with Crippen LogP contribution in [0.4, 0.5) is 9.18 Å². The SMILES string of the molecule is O=C(NCC[C@H](O)c1ccco1)NCc1ccc(F)cc1. The van der Waals surface area contributed by atoms with Crippen molar-refractivity contribution in [2.24, 2.45) is 0 Å². The maximum atomic E-state index is 12.7. The van der Waals surface area contributed by atoms with Crippen LogP contribution in [0.1, 0.15) is 23.8 Å². The molecule has 0 radical (unpaired) electrons. The molecule has 2 rings (SSSR count). The number of halogens is 1. The molecule has 0 aliphatic rings. The van der Waals surface area contributed by atoms with Crippen LogP contribution in [0, 0.1) is 5.82 Å². The number of furan rings is 1. The number of hydrogen-bond acceptors (Lipinski definition) is 3. The van der Waals surface area contributed by atoms with Crippen molar-refractivity contribution in [1.82, 2.24) is 10.6 Å². The van der Waals surface area contributed by atoms with E-state index in [1.165, 1.54) is 18.4 Å². The third kappa shape index (κ3) is 4.92. The first-order valence-electron chi connectivity index (χ1n) is 6.63. The molecular formula is C15H17FN2O3. The van der Waals surface area contributed by atoms with Crippen molar-refractivity contribution in [1.29, 1.82) is 0 Å². The van der Waals surface area contributed by atoms with E-state index in [0.717, 1.165) is 5.56 Å². The number of nitrogens with one attached hydrogen (secondary N) is 2. The Bertz CT molecular complexity index is 555. The van der Waals surface area contributed by atoms with Gasteiger partial charge in [0.1, 0.15) is 17.7 Å². The van der Waals surface area contributed by atoms with Gasteiger partial charge in [-0.05, 0) is 36.2 Å². The summed E-state index contributed by atoms with van der Waals surface area (Å²) in [5.41, 5.74) is 0.808. The van der Waals surface area contributed by atoms with Crippen LogP contribution < -0.4 is 10.6 Å². The molecule has 5 nitrogen and oxygen atoms in total. The first-order chi connectivity index (χ1) is 10.1. The number of hydrogen-bond donors (Lipinski definition) is 3. The van der Waals surface area contributed by atoms with E-state index in [4.69, 9.17) is 4.42 Å². The lowest BCUT2D eigenvalue weighted by Gasteiger charge is -2.10. The van der Waals surface area contributed by atoms with Crippen LogP contribution in [0.5, 0.6) is 0 Å². The van der Waals surface area contributed by atoms with Gasteiger partial charge in [-0.2, -0.15) is 0 Å². The van der Waals surface area contributed by atoms with Gasteiger partial charge < -0.3 is 20.2 Å². The summed E-state index contributed by atoms with van der Waals surface area (Å²) in [6.45, 7) is 0.629.